The maximum Gasteiger partial charge on any atom is 0.128 e. The van der Waals surface area contributed by atoms with E-state index >= 15 is 0 Å². The molecule has 0 saturated heterocycles. The Morgan fingerprint density at radius 2 is 1.83 bits per heavy atom. The standard InChI is InChI=1S/C17H15Cl2FN2O/c1-17(9-23-8-16(21)22-17)14-6-10(2-3-15(14)20)11-4-12(18)7-13(19)5-11/h2-7H,8-9H2,1H3,(H2,21,22). The van der Waals surface area contributed by atoms with Crippen LogP contribution in [0.1, 0.15) is 12.5 Å². The maximum atomic E-state index is 14.4. The van der Waals surface area contributed by atoms with Gasteiger partial charge in [0.15, 0.2) is 0 Å². The van der Waals surface area contributed by atoms with E-state index in [-0.39, 0.29) is 19.0 Å². The maximum absolute atomic E-state index is 14.4. The normalized spacial score (nSPS) is 21.1. The van der Waals surface area contributed by atoms with Crippen molar-refractivity contribution >= 4 is 29.0 Å². The van der Waals surface area contributed by atoms with Crippen molar-refractivity contribution in [1.82, 2.24) is 0 Å². The van der Waals surface area contributed by atoms with E-state index in [0.29, 0.717) is 21.4 Å². The van der Waals surface area contributed by atoms with Crippen molar-refractivity contribution in [1.29, 1.82) is 0 Å². The first-order valence-corrected chi connectivity index (χ1v) is 7.81. The van der Waals surface area contributed by atoms with Crippen LogP contribution in [0.3, 0.4) is 0 Å². The summed E-state index contributed by atoms with van der Waals surface area (Å²) in [6, 6.07) is 10.0. The second-order valence-electron chi connectivity index (χ2n) is 5.72. The highest BCUT2D eigenvalue weighted by Gasteiger charge is 2.32. The third-order valence-corrected chi connectivity index (χ3v) is 4.20. The van der Waals surface area contributed by atoms with Crippen molar-refractivity contribution in [3.63, 3.8) is 0 Å². The molecule has 2 aromatic rings. The highest BCUT2D eigenvalue weighted by molar-refractivity contribution is 6.35. The molecule has 6 heteroatoms. The van der Waals surface area contributed by atoms with E-state index in [2.05, 4.69) is 4.99 Å². The minimum Gasteiger partial charge on any atom is -0.386 e. The van der Waals surface area contributed by atoms with E-state index in [1.54, 1.807) is 37.3 Å². The number of aliphatic imine (C=N–C) groups is 1. The molecule has 1 aliphatic rings. The van der Waals surface area contributed by atoms with Crippen LogP contribution in [-0.4, -0.2) is 19.0 Å². The summed E-state index contributed by atoms with van der Waals surface area (Å²) in [6.07, 6.45) is 0. The second kappa shape index (κ2) is 6.11. The fourth-order valence-corrected chi connectivity index (χ4v) is 3.24. The zero-order chi connectivity index (χ0) is 16.6. The van der Waals surface area contributed by atoms with Crippen LogP contribution in [-0.2, 0) is 10.3 Å². The van der Waals surface area contributed by atoms with Crippen molar-refractivity contribution in [2.45, 2.75) is 12.5 Å². The first-order chi connectivity index (χ1) is 10.9. The van der Waals surface area contributed by atoms with Crippen molar-refractivity contribution in [2.24, 2.45) is 10.7 Å². The van der Waals surface area contributed by atoms with Gasteiger partial charge in [-0.3, -0.25) is 4.99 Å². The van der Waals surface area contributed by atoms with E-state index in [4.69, 9.17) is 33.7 Å². The number of hydrogen-bond acceptors (Lipinski definition) is 3. The molecule has 1 aliphatic heterocycles. The first-order valence-electron chi connectivity index (χ1n) is 7.06. The summed E-state index contributed by atoms with van der Waals surface area (Å²) in [6.45, 7) is 2.33. The molecule has 0 amide bonds. The highest BCUT2D eigenvalue weighted by atomic mass is 35.5. The number of benzene rings is 2. The highest BCUT2D eigenvalue weighted by Crippen LogP contribution is 2.34. The van der Waals surface area contributed by atoms with Gasteiger partial charge in [-0.15, -0.1) is 0 Å². The molecule has 0 aromatic heterocycles. The number of nitrogens with zero attached hydrogens (tertiary/aromatic N) is 1. The van der Waals surface area contributed by atoms with Crippen LogP contribution < -0.4 is 5.73 Å². The number of hydrogen-bond donors (Lipinski definition) is 1. The third kappa shape index (κ3) is 3.34. The zero-order valence-electron chi connectivity index (χ0n) is 12.4. The molecular formula is C17H15Cl2FN2O. The van der Waals surface area contributed by atoms with Crippen molar-refractivity contribution in [2.75, 3.05) is 13.2 Å². The van der Waals surface area contributed by atoms with Crippen molar-refractivity contribution < 1.29 is 9.13 Å². The van der Waals surface area contributed by atoms with Crippen LogP contribution in [0.25, 0.3) is 11.1 Å². The Bertz CT molecular complexity index is 774. The Morgan fingerprint density at radius 3 is 2.48 bits per heavy atom. The molecule has 120 valence electrons. The Morgan fingerprint density at radius 1 is 1.13 bits per heavy atom. The van der Waals surface area contributed by atoms with Gasteiger partial charge >= 0.3 is 0 Å². The summed E-state index contributed by atoms with van der Waals surface area (Å²) in [4.78, 5) is 4.39. The number of amidine groups is 1. The van der Waals surface area contributed by atoms with Gasteiger partial charge in [-0.25, -0.2) is 4.39 Å². The summed E-state index contributed by atoms with van der Waals surface area (Å²) in [5, 5.41) is 1.04. The van der Waals surface area contributed by atoms with Crippen molar-refractivity contribution in [3.8, 4) is 11.1 Å². The molecule has 23 heavy (non-hydrogen) atoms. The predicted molar refractivity (Wildman–Crippen MR) is 91.6 cm³/mol. The van der Waals surface area contributed by atoms with Gasteiger partial charge in [0.05, 0.1) is 6.61 Å². The monoisotopic (exact) mass is 352 g/mol. The molecule has 0 fully saturated rings. The van der Waals surface area contributed by atoms with Gasteiger partial charge in [0.1, 0.15) is 23.8 Å². The molecule has 2 N–H and O–H groups in total. The second-order valence-corrected chi connectivity index (χ2v) is 6.60. The largest absolute Gasteiger partial charge is 0.386 e. The lowest BCUT2D eigenvalue weighted by Crippen LogP contribution is -2.38. The van der Waals surface area contributed by atoms with Crippen LogP contribution in [0.4, 0.5) is 4.39 Å². The SMILES string of the molecule is CC1(c2cc(-c3cc(Cl)cc(Cl)c3)ccc2F)COCC(N)=N1. The number of halogens is 3. The van der Waals surface area contributed by atoms with E-state index in [0.717, 1.165) is 11.1 Å². The Labute approximate surface area is 143 Å². The lowest BCUT2D eigenvalue weighted by molar-refractivity contribution is 0.104. The molecule has 1 heterocycles. The molecule has 0 bridgehead atoms. The molecular weight excluding hydrogens is 338 g/mol. The summed E-state index contributed by atoms with van der Waals surface area (Å²) < 4.78 is 19.8. The van der Waals surface area contributed by atoms with E-state index in [9.17, 15) is 4.39 Å². The molecule has 1 unspecified atom stereocenters. The predicted octanol–water partition coefficient (Wildman–Crippen LogP) is 4.40. The average Bonchev–Trinajstić information content (AvgIpc) is 2.46. The lowest BCUT2D eigenvalue weighted by Gasteiger charge is -2.30. The smallest absolute Gasteiger partial charge is 0.128 e. The quantitative estimate of drug-likeness (QED) is 0.870. The Balaban J connectivity index is 2.11. The topological polar surface area (TPSA) is 47.6 Å². The van der Waals surface area contributed by atoms with Gasteiger partial charge in [-0.05, 0) is 48.4 Å². The Kier molecular flexibility index (Phi) is 4.32. The van der Waals surface area contributed by atoms with Gasteiger partial charge in [0.2, 0.25) is 0 Å². The first kappa shape index (κ1) is 16.2. The molecule has 1 atom stereocenters. The van der Waals surface area contributed by atoms with Crippen LogP contribution in [0, 0.1) is 5.82 Å². The molecule has 0 aliphatic carbocycles. The summed E-state index contributed by atoms with van der Waals surface area (Å²) in [7, 11) is 0. The van der Waals surface area contributed by atoms with Gasteiger partial charge < -0.3 is 10.5 Å². The van der Waals surface area contributed by atoms with Crippen LogP contribution in [0.5, 0.6) is 0 Å². The minimum atomic E-state index is -0.856. The molecule has 3 rings (SSSR count). The fourth-order valence-electron chi connectivity index (χ4n) is 2.71. The molecule has 2 aromatic carbocycles. The summed E-state index contributed by atoms with van der Waals surface area (Å²) >= 11 is 12.1. The fraction of sp³-hybridized carbons (Fsp3) is 0.235. The van der Waals surface area contributed by atoms with Crippen LogP contribution in [0.15, 0.2) is 41.4 Å². The van der Waals surface area contributed by atoms with Gasteiger partial charge in [0, 0.05) is 15.6 Å². The average molecular weight is 353 g/mol. The number of nitrogens with two attached hydrogens (primary N) is 1. The van der Waals surface area contributed by atoms with Crippen molar-refractivity contribution in [3.05, 3.63) is 57.8 Å². The van der Waals surface area contributed by atoms with E-state index in [1.165, 1.54) is 6.07 Å². The molecule has 0 radical (unpaired) electrons. The van der Waals surface area contributed by atoms with E-state index < -0.39 is 5.54 Å². The van der Waals surface area contributed by atoms with Crippen LogP contribution >= 0.6 is 23.2 Å². The Hall–Kier alpha value is -1.62. The van der Waals surface area contributed by atoms with Gasteiger partial charge in [0.25, 0.3) is 0 Å². The minimum absolute atomic E-state index is 0.265. The molecule has 0 saturated carbocycles. The van der Waals surface area contributed by atoms with Gasteiger partial charge in [-0.2, -0.15) is 0 Å². The molecule has 3 nitrogen and oxygen atoms in total. The van der Waals surface area contributed by atoms with Gasteiger partial charge in [-0.1, -0.05) is 29.3 Å². The lowest BCUT2D eigenvalue weighted by atomic mass is 9.89. The summed E-state index contributed by atoms with van der Waals surface area (Å²) in [5.74, 6) is 0.000720. The number of ether oxygens (including phenoxy) is 1. The zero-order valence-corrected chi connectivity index (χ0v) is 14.0. The van der Waals surface area contributed by atoms with E-state index in [1.807, 2.05) is 0 Å². The third-order valence-electron chi connectivity index (χ3n) is 3.77. The van der Waals surface area contributed by atoms with Crippen LogP contribution in [0.2, 0.25) is 10.0 Å². The molecule has 0 spiro atoms. The number of rotatable bonds is 2. The summed E-state index contributed by atoms with van der Waals surface area (Å²) in [5.41, 5.74) is 6.93.